The lowest BCUT2D eigenvalue weighted by Crippen LogP contribution is -2.21. The molecule has 0 aliphatic carbocycles. The van der Waals surface area contributed by atoms with Gasteiger partial charge in [0.2, 0.25) is 5.88 Å². The highest BCUT2D eigenvalue weighted by Gasteiger charge is 2.36. The Labute approximate surface area is 137 Å². The van der Waals surface area contributed by atoms with Crippen molar-refractivity contribution >= 4 is 17.3 Å². The maximum atomic E-state index is 12.1. The van der Waals surface area contributed by atoms with Gasteiger partial charge in [-0.15, -0.1) is 11.3 Å². The van der Waals surface area contributed by atoms with Gasteiger partial charge in [-0.05, 0) is 12.5 Å². The number of hydrogen-bond acceptors (Lipinski definition) is 6. The van der Waals surface area contributed by atoms with E-state index in [2.05, 4.69) is 6.07 Å². The zero-order valence-corrected chi connectivity index (χ0v) is 13.4. The monoisotopic (exact) mass is 326 g/mol. The fraction of sp³-hybridized carbons (Fsp3) is 0.176. The number of nitriles is 1. The van der Waals surface area contributed by atoms with Crippen molar-refractivity contribution in [3.05, 3.63) is 62.7 Å². The number of thiophene rings is 1. The zero-order valence-electron chi connectivity index (χ0n) is 12.6. The van der Waals surface area contributed by atoms with Gasteiger partial charge in [0.25, 0.3) is 0 Å². The number of rotatable bonds is 2. The second kappa shape index (κ2) is 5.78. The maximum absolute atomic E-state index is 12.1. The molecular weight excluding hydrogens is 312 g/mol. The van der Waals surface area contributed by atoms with Gasteiger partial charge >= 0.3 is 5.97 Å². The summed E-state index contributed by atoms with van der Waals surface area (Å²) in [7, 11) is 1.32. The molecule has 2 aromatic rings. The summed E-state index contributed by atoms with van der Waals surface area (Å²) in [5.74, 6) is -0.395. The number of fused-ring (bicyclic) bond motifs is 1. The van der Waals surface area contributed by atoms with Crippen molar-refractivity contribution in [1.29, 1.82) is 5.26 Å². The minimum absolute atomic E-state index is 0.0248. The van der Waals surface area contributed by atoms with E-state index in [0.29, 0.717) is 16.9 Å². The van der Waals surface area contributed by atoms with E-state index in [1.807, 2.05) is 37.3 Å². The van der Waals surface area contributed by atoms with Crippen LogP contribution in [0.3, 0.4) is 0 Å². The summed E-state index contributed by atoms with van der Waals surface area (Å²) in [6, 6.07) is 11.7. The number of carbonyl (C=O) groups excluding carboxylic acids is 1. The third-order valence-electron chi connectivity index (χ3n) is 3.74. The molecular formula is C17H14N2O3S. The number of nitrogens with two attached hydrogens (primary N) is 1. The summed E-state index contributed by atoms with van der Waals surface area (Å²) in [5.41, 5.74) is 7.58. The van der Waals surface area contributed by atoms with Gasteiger partial charge in [0.15, 0.2) is 5.75 Å². The van der Waals surface area contributed by atoms with E-state index in [-0.39, 0.29) is 11.8 Å². The SMILES string of the molecule is COC(=O)c1c(C)sc2c1OC(N)=C(C#N)[C@H]2c1ccccc1. The molecule has 0 bridgehead atoms. The lowest BCUT2D eigenvalue weighted by molar-refractivity contribution is 0.0597. The van der Waals surface area contributed by atoms with Crippen LogP contribution in [0.5, 0.6) is 5.75 Å². The Morgan fingerprint density at radius 1 is 1.39 bits per heavy atom. The molecule has 0 saturated heterocycles. The van der Waals surface area contributed by atoms with Gasteiger partial charge in [0.05, 0.1) is 17.9 Å². The maximum Gasteiger partial charge on any atom is 0.342 e. The van der Waals surface area contributed by atoms with Crippen molar-refractivity contribution in [3.8, 4) is 11.8 Å². The molecule has 1 aromatic carbocycles. The normalized spacial score (nSPS) is 16.3. The molecule has 0 unspecified atom stereocenters. The van der Waals surface area contributed by atoms with Crippen LogP contribution in [0, 0.1) is 18.3 Å². The fourth-order valence-corrected chi connectivity index (χ4v) is 3.91. The number of aryl methyl sites for hydroxylation is 1. The number of methoxy groups -OCH3 is 1. The summed E-state index contributed by atoms with van der Waals surface area (Å²) < 4.78 is 10.4. The molecule has 2 heterocycles. The molecule has 3 rings (SSSR count). The Kier molecular flexibility index (Phi) is 3.80. The molecule has 116 valence electrons. The highest BCUT2D eigenvalue weighted by molar-refractivity contribution is 7.12. The van der Waals surface area contributed by atoms with Gasteiger partial charge in [0, 0.05) is 4.88 Å². The van der Waals surface area contributed by atoms with Crippen molar-refractivity contribution in [2.24, 2.45) is 5.73 Å². The van der Waals surface area contributed by atoms with Gasteiger partial charge in [0.1, 0.15) is 17.2 Å². The van der Waals surface area contributed by atoms with Crippen LogP contribution < -0.4 is 10.5 Å². The highest BCUT2D eigenvalue weighted by atomic mass is 32.1. The number of allylic oxidation sites excluding steroid dienone is 1. The van der Waals surface area contributed by atoms with E-state index in [1.54, 1.807) is 0 Å². The number of esters is 1. The Morgan fingerprint density at radius 3 is 2.70 bits per heavy atom. The first kappa shape index (κ1) is 15.1. The largest absolute Gasteiger partial charge is 0.465 e. The van der Waals surface area contributed by atoms with Crippen LogP contribution in [0.4, 0.5) is 0 Å². The first-order valence-electron chi connectivity index (χ1n) is 6.92. The average molecular weight is 326 g/mol. The summed E-state index contributed by atoms with van der Waals surface area (Å²) >= 11 is 1.42. The van der Waals surface area contributed by atoms with E-state index in [0.717, 1.165) is 15.3 Å². The lowest BCUT2D eigenvalue weighted by Gasteiger charge is -2.24. The van der Waals surface area contributed by atoms with E-state index in [9.17, 15) is 10.1 Å². The van der Waals surface area contributed by atoms with E-state index < -0.39 is 5.97 Å². The molecule has 23 heavy (non-hydrogen) atoms. The van der Waals surface area contributed by atoms with Crippen LogP contribution in [0.1, 0.15) is 31.6 Å². The van der Waals surface area contributed by atoms with Crippen LogP contribution in [0.2, 0.25) is 0 Å². The van der Waals surface area contributed by atoms with Crippen molar-refractivity contribution in [2.45, 2.75) is 12.8 Å². The molecule has 0 saturated carbocycles. The van der Waals surface area contributed by atoms with Crippen molar-refractivity contribution in [2.75, 3.05) is 7.11 Å². The topological polar surface area (TPSA) is 85.3 Å². The Hall–Kier alpha value is -2.78. The fourth-order valence-electron chi connectivity index (χ4n) is 2.70. The highest BCUT2D eigenvalue weighted by Crippen LogP contribution is 2.49. The van der Waals surface area contributed by atoms with Gasteiger partial charge < -0.3 is 15.2 Å². The summed E-state index contributed by atoms with van der Waals surface area (Å²) in [4.78, 5) is 13.6. The average Bonchev–Trinajstić information content (AvgIpc) is 2.89. The third-order valence-corrected chi connectivity index (χ3v) is 4.89. The van der Waals surface area contributed by atoms with Crippen LogP contribution >= 0.6 is 11.3 Å². The third kappa shape index (κ3) is 2.35. The van der Waals surface area contributed by atoms with Gasteiger partial charge in [-0.2, -0.15) is 5.26 Å². The number of benzene rings is 1. The molecule has 0 radical (unpaired) electrons. The molecule has 1 aliphatic heterocycles. The van der Waals surface area contributed by atoms with Crippen molar-refractivity contribution < 1.29 is 14.3 Å². The zero-order chi connectivity index (χ0) is 16.6. The number of ether oxygens (including phenoxy) is 2. The quantitative estimate of drug-likeness (QED) is 0.857. The van der Waals surface area contributed by atoms with Crippen LogP contribution in [0.25, 0.3) is 0 Å². The molecule has 1 aromatic heterocycles. The number of nitrogens with zero attached hydrogens (tertiary/aromatic N) is 1. The second-order valence-corrected chi connectivity index (χ2v) is 6.31. The number of hydrogen-bond donors (Lipinski definition) is 1. The van der Waals surface area contributed by atoms with E-state index in [4.69, 9.17) is 15.2 Å². The smallest absolute Gasteiger partial charge is 0.342 e. The van der Waals surface area contributed by atoms with Gasteiger partial charge in [-0.1, -0.05) is 30.3 Å². The molecule has 5 nitrogen and oxygen atoms in total. The van der Waals surface area contributed by atoms with Gasteiger partial charge in [-0.25, -0.2) is 4.79 Å². The van der Waals surface area contributed by atoms with Crippen LogP contribution in [0.15, 0.2) is 41.8 Å². The summed E-state index contributed by atoms with van der Waals surface area (Å²) in [6.07, 6.45) is 0. The van der Waals surface area contributed by atoms with Crippen molar-refractivity contribution in [1.82, 2.24) is 0 Å². The minimum atomic E-state index is -0.472. The first-order chi connectivity index (χ1) is 11.1. The molecule has 1 aliphatic rings. The summed E-state index contributed by atoms with van der Waals surface area (Å²) in [5, 5.41) is 9.50. The van der Waals surface area contributed by atoms with E-state index in [1.165, 1.54) is 18.4 Å². The minimum Gasteiger partial charge on any atom is -0.465 e. The number of carbonyl (C=O) groups is 1. The lowest BCUT2D eigenvalue weighted by atomic mass is 9.88. The van der Waals surface area contributed by atoms with Crippen LogP contribution in [-0.4, -0.2) is 13.1 Å². The van der Waals surface area contributed by atoms with Crippen LogP contribution in [-0.2, 0) is 4.74 Å². The van der Waals surface area contributed by atoms with E-state index >= 15 is 0 Å². The molecule has 0 fully saturated rings. The molecule has 6 heteroatoms. The Bertz CT molecular complexity index is 847. The standard InChI is InChI=1S/C17H14N2O3S/c1-9-12(17(20)21-2)14-15(23-9)13(10-6-4-3-5-7-10)11(8-18)16(19)22-14/h3-7,13H,19H2,1-2H3/t13-/m1/s1. The predicted octanol–water partition coefficient (Wildman–Crippen LogP) is 3.06. The Balaban J connectivity index is 2.25. The second-order valence-electron chi connectivity index (χ2n) is 5.05. The first-order valence-corrected chi connectivity index (χ1v) is 7.74. The molecule has 1 atom stereocenters. The molecule has 0 spiro atoms. The van der Waals surface area contributed by atoms with Gasteiger partial charge in [-0.3, -0.25) is 0 Å². The molecule has 0 amide bonds. The van der Waals surface area contributed by atoms with Crippen molar-refractivity contribution in [3.63, 3.8) is 0 Å². The Morgan fingerprint density at radius 2 is 2.09 bits per heavy atom. The predicted molar refractivity (Wildman–Crippen MR) is 86.1 cm³/mol. The summed E-state index contributed by atoms with van der Waals surface area (Å²) in [6.45, 7) is 1.82. The molecule has 2 N–H and O–H groups in total.